The lowest BCUT2D eigenvalue weighted by atomic mass is 9.83. The van der Waals surface area contributed by atoms with Crippen molar-refractivity contribution < 1.29 is 14.3 Å². The molecule has 1 atom stereocenters. The van der Waals surface area contributed by atoms with Gasteiger partial charge in [-0.15, -0.1) is 0 Å². The maximum atomic E-state index is 11.9. The fraction of sp³-hybridized carbons (Fsp3) is 0.789. The fourth-order valence-corrected chi connectivity index (χ4v) is 2.55. The van der Waals surface area contributed by atoms with Crippen molar-refractivity contribution in [2.45, 2.75) is 85.3 Å². The number of aldehydes is 1. The van der Waals surface area contributed by atoms with Crippen molar-refractivity contribution in [1.29, 1.82) is 0 Å². The Morgan fingerprint density at radius 3 is 2.04 bits per heavy atom. The van der Waals surface area contributed by atoms with Gasteiger partial charge < -0.3 is 20.2 Å². The number of carbonyl (C=O) groups is 2. The normalized spacial score (nSPS) is 15.5. The van der Waals surface area contributed by atoms with E-state index in [-0.39, 0.29) is 12.1 Å². The molecular formula is C19H38N2O3. The van der Waals surface area contributed by atoms with E-state index < -0.39 is 5.60 Å². The SMILES string of the molecule is C=C(NC)C(NC(=O)OC(C)(C)C)C1CCCCC1.CC.CC=O. The first kappa shape index (κ1) is 24.7. The molecule has 1 rings (SSSR count). The molecule has 1 unspecified atom stereocenters. The van der Waals surface area contributed by atoms with Crippen molar-refractivity contribution in [3.63, 3.8) is 0 Å². The number of ether oxygens (including phenoxy) is 1. The topological polar surface area (TPSA) is 67.4 Å². The first-order chi connectivity index (χ1) is 11.2. The third-order valence-corrected chi connectivity index (χ3v) is 3.49. The van der Waals surface area contributed by atoms with Crippen molar-refractivity contribution in [3.05, 3.63) is 12.3 Å². The van der Waals surface area contributed by atoms with Crippen LogP contribution in [-0.2, 0) is 9.53 Å². The fourth-order valence-electron chi connectivity index (χ4n) is 2.55. The second-order valence-electron chi connectivity index (χ2n) is 6.53. The summed E-state index contributed by atoms with van der Waals surface area (Å²) in [4.78, 5) is 20.7. The maximum absolute atomic E-state index is 11.9. The minimum absolute atomic E-state index is 0.0415. The molecule has 0 heterocycles. The predicted octanol–water partition coefficient (Wildman–Crippen LogP) is 4.42. The van der Waals surface area contributed by atoms with Crippen LogP contribution in [0.5, 0.6) is 0 Å². The monoisotopic (exact) mass is 342 g/mol. The minimum Gasteiger partial charge on any atom is -0.444 e. The van der Waals surface area contributed by atoms with E-state index >= 15 is 0 Å². The Kier molecular flexibility index (Phi) is 14.3. The molecule has 5 nitrogen and oxygen atoms in total. The zero-order valence-corrected chi connectivity index (χ0v) is 16.7. The highest BCUT2D eigenvalue weighted by molar-refractivity contribution is 5.68. The predicted molar refractivity (Wildman–Crippen MR) is 101 cm³/mol. The van der Waals surface area contributed by atoms with Crippen LogP contribution in [-0.4, -0.2) is 31.1 Å². The van der Waals surface area contributed by atoms with Gasteiger partial charge in [0.25, 0.3) is 0 Å². The van der Waals surface area contributed by atoms with Gasteiger partial charge in [0.1, 0.15) is 11.9 Å². The molecule has 0 saturated heterocycles. The summed E-state index contributed by atoms with van der Waals surface area (Å²) in [5.74, 6) is 0.459. The van der Waals surface area contributed by atoms with Crippen molar-refractivity contribution in [3.8, 4) is 0 Å². The zero-order chi connectivity index (χ0) is 19.2. The Balaban J connectivity index is 0. The number of carbonyl (C=O) groups excluding carboxylic acids is 2. The number of hydrogen-bond donors (Lipinski definition) is 2. The van der Waals surface area contributed by atoms with Crippen LogP contribution in [0.4, 0.5) is 4.79 Å². The van der Waals surface area contributed by atoms with Crippen LogP contribution in [0, 0.1) is 5.92 Å². The summed E-state index contributed by atoms with van der Waals surface area (Å²) in [5, 5.41) is 6.04. The van der Waals surface area contributed by atoms with Crippen LogP contribution in [0.2, 0.25) is 0 Å². The van der Waals surface area contributed by atoms with Gasteiger partial charge in [0.15, 0.2) is 0 Å². The third kappa shape index (κ3) is 12.0. The third-order valence-electron chi connectivity index (χ3n) is 3.49. The molecule has 1 fully saturated rings. The summed E-state index contributed by atoms with van der Waals surface area (Å²) in [6, 6.07) is -0.0415. The maximum Gasteiger partial charge on any atom is 0.408 e. The molecule has 24 heavy (non-hydrogen) atoms. The minimum atomic E-state index is -0.470. The number of rotatable bonds is 4. The molecule has 0 aliphatic heterocycles. The van der Waals surface area contributed by atoms with Gasteiger partial charge in [0, 0.05) is 12.7 Å². The standard InChI is InChI=1S/C15H28N2O2.C2H4O.C2H6/c1-11(16-5)13(12-9-7-6-8-10-12)17-14(18)19-15(2,3)4;1-2-3;1-2/h12-13,16H,1,6-10H2,2-5H3,(H,17,18);2H,1H3;1-2H3. The second-order valence-corrected chi connectivity index (χ2v) is 6.53. The van der Waals surface area contributed by atoms with Gasteiger partial charge >= 0.3 is 6.09 Å². The highest BCUT2D eigenvalue weighted by atomic mass is 16.6. The molecule has 1 aliphatic rings. The molecule has 1 saturated carbocycles. The molecular weight excluding hydrogens is 304 g/mol. The number of nitrogens with one attached hydrogen (secondary N) is 2. The lowest BCUT2D eigenvalue weighted by Crippen LogP contribution is -2.46. The highest BCUT2D eigenvalue weighted by Gasteiger charge is 2.28. The average molecular weight is 343 g/mol. The van der Waals surface area contributed by atoms with E-state index in [4.69, 9.17) is 9.53 Å². The quantitative estimate of drug-likeness (QED) is 0.742. The van der Waals surface area contributed by atoms with E-state index in [1.54, 1.807) is 0 Å². The molecule has 1 aliphatic carbocycles. The smallest absolute Gasteiger partial charge is 0.408 e. The Morgan fingerprint density at radius 1 is 1.21 bits per heavy atom. The number of alkyl carbamates (subject to hydrolysis) is 1. The summed E-state index contributed by atoms with van der Waals surface area (Å²) in [5.41, 5.74) is 0.389. The van der Waals surface area contributed by atoms with Crippen LogP contribution in [0.25, 0.3) is 0 Å². The van der Waals surface area contributed by atoms with Crippen molar-refractivity contribution in [2.75, 3.05) is 7.05 Å². The van der Waals surface area contributed by atoms with Crippen molar-refractivity contribution in [1.82, 2.24) is 10.6 Å². The molecule has 1 amide bonds. The summed E-state index contributed by atoms with van der Waals surface area (Å²) in [6.45, 7) is 15.1. The number of hydrogen-bond acceptors (Lipinski definition) is 4. The van der Waals surface area contributed by atoms with Gasteiger partial charge in [0.05, 0.1) is 6.04 Å². The van der Waals surface area contributed by atoms with E-state index in [0.717, 1.165) is 24.8 Å². The van der Waals surface area contributed by atoms with Gasteiger partial charge in [0.2, 0.25) is 0 Å². The van der Waals surface area contributed by atoms with Crippen molar-refractivity contribution in [2.24, 2.45) is 5.92 Å². The summed E-state index contributed by atoms with van der Waals surface area (Å²) < 4.78 is 5.33. The number of likely N-dealkylation sites (N-methyl/N-ethyl adjacent to an activating group) is 1. The molecule has 0 aromatic carbocycles. The van der Waals surface area contributed by atoms with Gasteiger partial charge in [-0.05, 0) is 46.5 Å². The van der Waals surface area contributed by atoms with E-state index in [1.807, 2.05) is 41.7 Å². The highest BCUT2D eigenvalue weighted by Crippen LogP contribution is 2.28. The van der Waals surface area contributed by atoms with E-state index in [0.29, 0.717) is 5.92 Å². The Labute approximate surface area is 148 Å². The average Bonchev–Trinajstić information content (AvgIpc) is 2.54. The molecule has 0 aromatic rings. The lowest BCUT2D eigenvalue weighted by molar-refractivity contribution is -0.106. The van der Waals surface area contributed by atoms with Gasteiger partial charge in [-0.3, -0.25) is 0 Å². The van der Waals surface area contributed by atoms with Crippen molar-refractivity contribution >= 4 is 12.4 Å². The zero-order valence-electron chi connectivity index (χ0n) is 16.7. The lowest BCUT2D eigenvalue weighted by Gasteiger charge is -2.32. The molecule has 5 heteroatoms. The summed E-state index contributed by atoms with van der Waals surface area (Å²) in [6.07, 6.45) is 6.42. The van der Waals surface area contributed by atoms with Crippen LogP contribution < -0.4 is 10.6 Å². The summed E-state index contributed by atoms with van der Waals surface area (Å²) >= 11 is 0. The molecule has 0 spiro atoms. The van der Waals surface area contributed by atoms with Gasteiger partial charge in [-0.1, -0.05) is 39.7 Å². The molecule has 2 N–H and O–H groups in total. The molecule has 0 aromatic heterocycles. The second kappa shape index (κ2) is 13.9. The Bertz CT molecular complexity index is 356. The first-order valence-electron chi connectivity index (χ1n) is 9.01. The number of amides is 1. The van der Waals surface area contributed by atoms with Crippen LogP contribution in [0.1, 0.15) is 73.6 Å². The van der Waals surface area contributed by atoms with Crippen LogP contribution in [0.3, 0.4) is 0 Å². The van der Waals surface area contributed by atoms with Gasteiger partial charge in [-0.2, -0.15) is 0 Å². The summed E-state index contributed by atoms with van der Waals surface area (Å²) in [7, 11) is 1.84. The Morgan fingerprint density at radius 2 is 1.67 bits per heavy atom. The van der Waals surface area contributed by atoms with Crippen LogP contribution >= 0.6 is 0 Å². The van der Waals surface area contributed by atoms with E-state index in [1.165, 1.54) is 26.2 Å². The van der Waals surface area contributed by atoms with Gasteiger partial charge in [-0.25, -0.2) is 4.79 Å². The van der Waals surface area contributed by atoms with E-state index in [9.17, 15) is 4.79 Å². The molecule has 0 bridgehead atoms. The van der Waals surface area contributed by atoms with Crippen LogP contribution in [0.15, 0.2) is 12.3 Å². The molecule has 142 valence electrons. The largest absolute Gasteiger partial charge is 0.444 e. The van der Waals surface area contributed by atoms with E-state index in [2.05, 4.69) is 17.2 Å². The Hall–Kier alpha value is -1.52. The first-order valence-corrected chi connectivity index (χ1v) is 9.01. The molecule has 0 radical (unpaired) electrons.